The van der Waals surface area contributed by atoms with E-state index in [4.69, 9.17) is 23.2 Å². The first-order chi connectivity index (χ1) is 1.73. The van der Waals surface area contributed by atoms with Crippen LogP contribution in [-0.4, -0.2) is 4.84 Å². The van der Waals surface area contributed by atoms with E-state index in [9.17, 15) is 0 Å². The summed E-state index contributed by atoms with van der Waals surface area (Å²) in [6, 6.07) is 0. The maximum atomic E-state index is 5.04. The Bertz CT molecular complexity index is 12.4. The molecule has 0 aromatic carbocycles. The van der Waals surface area contributed by atoms with Gasteiger partial charge >= 0.3 is 0 Å². The normalized spacial score (nSPS) is 7.20. The molecule has 0 spiro atoms. The van der Waals surface area contributed by atoms with Gasteiger partial charge in [0.25, 0.3) is 0 Å². The van der Waals surface area contributed by atoms with Gasteiger partial charge in [0.05, 0.1) is 0 Å². The largest absolute Gasteiger partial charge is 0.153 e. The number of alkyl halides is 2. The molecule has 0 aliphatic carbocycles. The molecule has 0 fully saturated rings. The summed E-state index contributed by atoms with van der Waals surface area (Å²) in [4.78, 5) is -0.222. The second-order valence-electron chi connectivity index (χ2n) is 0.519. The first-order valence-electron chi connectivity index (χ1n) is 1.01. The second-order valence-corrected chi connectivity index (χ2v) is 2.05. The van der Waals surface area contributed by atoms with Crippen LogP contribution in [0.2, 0.25) is 0 Å². The molecule has 0 amide bonds. The van der Waals surface area contributed by atoms with Crippen molar-refractivity contribution in [2.75, 3.05) is 0 Å². The van der Waals surface area contributed by atoms with Crippen LogP contribution in [0.15, 0.2) is 0 Å². The van der Waals surface area contributed by atoms with Gasteiger partial charge < -0.3 is 0 Å². The maximum absolute atomic E-state index is 5.04. The summed E-state index contributed by atoms with van der Waals surface area (Å²) in [6.07, 6.45) is 0. The molecular formula is C2H7Cl2P. The van der Waals surface area contributed by atoms with Gasteiger partial charge in [-0.1, -0.05) is 0 Å². The van der Waals surface area contributed by atoms with Crippen LogP contribution in [-0.2, 0) is 0 Å². The van der Waals surface area contributed by atoms with Crippen molar-refractivity contribution in [2.24, 2.45) is 0 Å². The topological polar surface area (TPSA) is 0 Å². The van der Waals surface area contributed by atoms with Crippen molar-refractivity contribution in [3.63, 3.8) is 0 Å². The van der Waals surface area contributed by atoms with E-state index in [0.717, 1.165) is 0 Å². The van der Waals surface area contributed by atoms with Gasteiger partial charge in [-0.15, -0.1) is 23.2 Å². The van der Waals surface area contributed by atoms with Crippen molar-refractivity contribution in [1.82, 2.24) is 0 Å². The first-order valence-corrected chi connectivity index (χ1v) is 1.89. The van der Waals surface area contributed by atoms with E-state index < -0.39 is 0 Å². The Morgan fingerprint density at radius 1 is 1.40 bits per heavy atom. The number of rotatable bonds is 0. The van der Waals surface area contributed by atoms with Gasteiger partial charge in [-0.2, -0.15) is 9.90 Å². The van der Waals surface area contributed by atoms with E-state index in [1.54, 1.807) is 6.92 Å². The molecule has 0 aromatic rings. The third-order valence-electron chi connectivity index (χ3n) is 0. The highest BCUT2D eigenvalue weighted by Crippen LogP contribution is 1.95. The van der Waals surface area contributed by atoms with E-state index in [2.05, 4.69) is 0 Å². The van der Waals surface area contributed by atoms with Crippen LogP contribution in [0.4, 0.5) is 0 Å². The number of halogens is 2. The summed E-state index contributed by atoms with van der Waals surface area (Å²) in [6.45, 7) is 1.70. The van der Waals surface area contributed by atoms with Gasteiger partial charge in [0.1, 0.15) is 4.84 Å². The Labute approximate surface area is 45.5 Å². The highest BCUT2D eigenvalue weighted by atomic mass is 35.5. The van der Waals surface area contributed by atoms with Gasteiger partial charge in [0.15, 0.2) is 0 Å². The van der Waals surface area contributed by atoms with Gasteiger partial charge in [-0.3, -0.25) is 0 Å². The summed E-state index contributed by atoms with van der Waals surface area (Å²) in [5, 5.41) is 0. The molecule has 0 radical (unpaired) electrons. The van der Waals surface area contributed by atoms with Crippen molar-refractivity contribution in [3.05, 3.63) is 0 Å². The second kappa shape index (κ2) is 5.01. The average molecular weight is 133 g/mol. The van der Waals surface area contributed by atoms with Crippen LogP contribution in [0.3, 0.4) is 0 Å². The zero-order valence-electron chi connectivity index (χ0n) is 3.04. The molecule has 0 N–H and O–H groups in total. The van der Waals surface area contributed by atoms with E-state index in [-0.39, 0.29) is 14.7 Å². The van der Waals surface area contributed by atoms with Crippen molar-refractivity contribution in [2.45, 2.75) is 11.8 Å². The Kier molecular flexibility index (Phi) is 9.40. The molecule has 0 aromatic heterocycles. The lowest BCUT2D eigenvalue weighted by Gasteiger charge is -1.72. The summed E-state index contributed by atoms with van der Waals surface area (Å²) >= 11 is 10.1. The van der Waals surface area contributed by atoms with E-state index in [0.29, 0.717) is 0 Å². The highest BCUT2D eigenvalue weighted by molar-refractivity contribution is 6.92. The summed E-state index contributed by atoms with van der Waals surface area (Å²) in [5.74, 6) is 0. The molecule has 3 heteroatoms. The van der Waals surface area contributed by atoms with Gasteiger partial charge in [-0.05, 0) is 6.92 Å². The van der Waals surface area contributed by atoms with Crippen molar-refractivity contribution >= 4 is 33.1 Å². The van der Waals surface area contributed by atoms with Crippen LogP contribution in [0.1, 0.15) is 6.92 Å². The Hall–Kier alpha value is 1.01. The predicted octanol–water partition coefficient (Wildman–Crippen LogP) is 1.87. The lowest BCUT2D eigenvalue weighted by Crippen LogP contribution is -1.63. The third kappa shape index (κ3) is 44.5. The zero-order valence-corrected chi connectivity index (χ0v) is 5.97. The fraction of sp³-hybridized carbons (Fsp3) is 1.00. The molecule has 0 nitrogen and oxygen atoms in total. The lowest BCUT2D eigenvalue weighted by atomic mass is 11.0. The minimum absolute atomic E-state index is 0. The SMILES string of the molecule is CC(Cl)Cl.P. The maximum Gasteiger partial charge on any atom is 0.105 e. The smallest absolute Gasteiger partial charge is 0.105 e. The molecule has 0 heterocycles. The predicted molar refractivity (Wildman–Crippen MR) is 32.3 cm³/mol. The fourth-order valence-corrected chi connectivity index (χ4v) is 0. The van der Waals surface area contributed by atoms with Gasteiger partial charge in [0.2, 0.25) is 0 Å². The zero-order chi connectivity index (χ0) is 3.58. The number of hydrogen-bond donors (Lipinski definition) is 0. The standard InChI is InChI=1S/C2H4Cl2.H3P/c1-2(3)4;/h2H,1H3;1H3. The van der Waals surface area contributed by atoms with E-state index >= 15 is 0 Å². The molecule has 0 bridgehead atoms. The van der Waals surface area contributed by atoms with Crippen LogP contribution < -0.4 is 0 Å². The highest BCUT2D eigenvalue weighted by Gasteiger charge is 1.75. The molecular weight excluding hydrogens is 126 g/mol. The van der Waals surface area contributed by atoms with Crippen molar-refractivity contribution in [3.8, 4) is 0 Å². The van der Waals surface area contributed by atoms with Crippen LogP contribution in [0.5, 0.6) is 0 Å². The molecule has 0 aliphatic rings. The molecule has 0 saturated carbocycles. The molecule has 5 heavy (non-hydrogen) atoms. The van der Waals surface area contributed by atoms with Crippen molar-refractivity contribution < 1.29 is 0 Å². The Balaban J connectivity index is 0. The van der Waals surface area contributed by atoms with Crippen LogP contribution in [0, 0.1) is 0 Å². The molecule has 1 atom stereocenters. The monoisotopic (exact) mass is 132 g/mol. The first kappa shape index (κ1) is 9.38. The van der Waals surface area contributed by atoms with E-state index in [1.165, 1.54) is 0 Å². The van der Waals surface area contributed by atoms with Gasteiger partial charge in [0, 0.05) is 0 Å². The summed E-state index contributed by atoms with van der Waals surface area (Å²) in [7, 11) is 0. The van der Waals surface area contributed by atoms with Crippen LogP contribution >= 0.6 is 33.1 Å². The Morgan fingerprint density at radius 3 is 1.40 bits per heavy atom. The third-order valence-corrected chi connectivity index (χ3v) is 0. The summed E-state index contributed by atoms with van der Waals surface area (Å²) < 4.78 is 0. The minimum Gasteiger partial charge on any atom is -0.153 e. The minimum atomic E-state index is -0.222. The van der Waals surface area contributed by atoms with E-state index in [1.807, 2.05) is 0 Å². The van der Waals surface area contributed by atoms with Crippen molar-refractivity contribution in [1.29, 1.82) is 0 Å². The molecule has 0 saturated heterocycles. The Morgan fingerprint density at radius 2 is 1.40 bits per heavy atom. The number of hydrogen-bond acceptors (Lipinski definition) is 0. The quantitative estimate of drug-likeness (QED) is 0.349. The van der Waals surface area contributed by atoms with Crippen LogP contribution in [0.25, 0.3) is 0 Å². The lowest BCUT2D eigenvalue weighted by molar-refractivity contribution is 1.39. The average Bonchev–Trinajstić information content (AvgIpc) is 0.811. The molecule has 1 unspecified atom stereocenters. The summed E-state index contributed by atoms with van der Waals surface area (Å²) in [5.41, 5.74) is 0. The molecule has 34 valence electrons. The molecule has 0 rings (SSSR count). The fourth-order valence-electron chi connectivity index (χ4n) is 0. The molecule has 0 aliphatic heterocycles. The van der Waals surface area contributed by atoms with Gasteiger partial charge in [-0.25, -0.2) is 0 Å².